The van der Waals surface area contributed by atoms with E-state index in [-0.39, 0.29) is 5.69 Å². The predicted molar refractivity (Wildman–Crippen MR) is 128 cm³/mol. The lowest BCUT2D eigenvalue weighted by Crippen LogP contribution is -2.31. The summed E-state index contributed by atoms with van der Waals surface area (Å²) in [5.74, 6) is -1.85. The fraction of sp³-hybridized carbons (Fsp3) is 0.240. The van der Waals surface area contributed by atoms with Crippen LogP contribution in [0.4, 0.5) is 5.69 Å². The number of anilines is 1. The zero-order chi connectivity index (χ0) is 23.5. The molecule has 4 N–H and O–H groups in total. The number of amides is 1. The molecule has 0 bridgehead atoms. The SMILES string of the molecule is CCCCCCn1c(=O)c(C(=O)Nc2c(O)c3ccccc3[nH]c2=O)c(O)c2ccccc21. The van der Waals surface area contributed by atoms with Crippen LogP contribution in [0.3, 0.4) is 0 Å². The number of carbonyl (C=O) groups is 1. The van der Waals surface area contributed by atoms with Gasteiger partial charge in [-0.3, -0.25) is 14.4 Å². The van der Waals surface area contributed by atoms with E-state index in [9.17, 15) is 24.6 Å². The van der Waals surface area contributed by atoms with Gasteiger partial charge in [0, 0.05) is 17.3 Å². The Labute approximate surface area is 189 Å². The number of fused-ring (bicyclic) bond motifs is 2. The first-order valence-electron chi connectivity index (χ1n) is 10.9. The Morgan fingerprint density at radius 3 is 2.39 bits per heavy atom. The van der Waals surface area contributed by atoms with Gasteiger partial charge in [-0.25, -0.2) is 0 Å². The second-order valence-corrected chi connectivity index (χ2v) is 7.94. The molecular weight excluding hydrogens is 422 g/mol. The van der Waals surface area contributed by atoms with E-state index in [0.717, 1.165) is 25.7 Å². The second-order valence-electron chi connectivity index (χ2n) is 7.94. The smallest absolute Gasteiger partial charge is 0.276 e. The summed E-state index contributed by atoms with van der Waals surface area (Å²) in [6, 6.07) is 13.4. The second kappa shape index (κ2) is 9.20. The highest BCUT2D eigenvalue weighted by Crippen LogP contribution is 2.30. The average Bonchev–Trinajstić information content (AvgIpc) is 2.81. The number of hydrogen-bond donors (Lipinski definition) is 4. The number of carbonyl (C=O) groups excluding carboxylic acids is 1. The van der Waals surface area contributed by atoms with Crippen LogP contribution in [-0.4, -0.2) is 25.7 Å². The van der Waals surface area contributed by atoms with Gasteiger partial charge in [0.25, 0.3) is 17.0 Å². The number of rotatable bonds is 7. The van der Waals surface area contributed by atoms with Gasteiger partial charge < -0.3 is 25.1 Å². The summed E-state index contributed by atoms with van der Waals surface area (Å²) in [6.07, 6.45) is 3.75. The van der Waals surface area contributed by atoms with E-state index >= 15 is 0 Å². The third-order valence-electron chi connectivity index (χ3n) is 5.74. The van der Waals surface area contributed by atoms with Gasteiger partial charge in [-0.05, 0) is 30.7 Å². The van der Waals surface area contributed by atoms with Crippen molar-refractivity contribution in [1.82, 2.24) is 9.55 Å². The van der Waals surface area contributed by atoms with Crippen molar-refractivity contribution in [3.63, 3.8) is 0 Å². The van der Waals surface area contributed by atoms with Crippen LogP contribution in [0.1, 0.15) is 43.0 Å². The number of unbranched alkanes of at least 4 members (excludes halogenated alkanes) is 3. The molecule has 4 aromatic rings. The molecule has 0 saturated heterocycles. The standard InChI is InChI=1S/C25H25N3O5/c1-2-3-4-9-14-28-18-13-8-6-11-16(18)21(29)19(25(28)33)23(31)27-20-22(30)15-10-5-7-12-17(15)26-24(20)32/h5-8,10-13,29H,2-4,9,14H2,1H3,(H,27,31)(H2,26,30,32). The number of aryl methyl sites for hydroxylation is 1. The molecule has 2 aromatic heterocycles. The maximum Gasteiger partial charge on any atom is 0.276 e. The topological polar surface area (TPSA) is 124 Å². The first kappa shape index (κ1) is 22.1. The van der Waals surface area contributed by atoms with Crippen molar-refractivity contribution in [3.05, 3.63) is 74.8 Å². The van der Waals surface area contributed by atoms with Gasteiger partial charge in [0.05, 0.1) is 11.0 Å². The van der Waals surface area contributed by atoms with Crippen molar-refractivity contribution in [1.29, 1.82) is 0 Å². The summed E-state index contributed by atoms with van der Waals surface area (Å²) in [4.78, 5) is 41.5. The van der Waals surface area contributed by atoms with Gasteiger partial charge >= 0.3 is 0 Å². The van der Waals surface area contributed by atoms with Crippen LogP contribution in [0.15, 0.2) is 58.1 Å². The number of aromatic hydroxyl groups is 2. The van der Waals surface area contributed by atoms with Crippen molar-refractivity contribution in [2.24, 2.45) is 0 Å². The average molecular weight is 447 g/mol. The minimum Gasteiger partial charge on any atom is -0.506 e. The summed E-state index contributed by atoms with van der Waals surface area (Å²) in [6.45, 7) is 2.48. The predicted octanol–water partition coefficient (Wildman–Crippen LogP) is 4.09. The zero-order valence-corrected chi connectivity index (χ0v) is 18.2. The molecule has 0 spiro atoms. The molecule has 4 rings (SSSR count). The lowest BCUT2D eigenvalue weighted by Gasteiger charge is -2.15. The third-order valence-corrected chi connectivity index (χ3v) is 5.74. The number of benzene rings is 2. The molecule has 0 fully saturated rings. The highest BCUT2D eigenvalue weighted by Gasteiger charge is 2.24. The number of hydrogen-bond acceptors (Lipinski definition) is 5. The van der Waals surface area contributed by atoms with Crippen LogP contribution in [0.5, 0.6) is 11.5 Å². The van der Waals surface area contributed by atoms with E-state index in [0.29, 0.717) is 28.4 Å². The van der Waals surface area contributed by atoms with Crippen LogP contribution < -0.4 is 16.4 Å². The van der Waals surface area contributed by atoms with E-state index in [4.69, 9.17) is 0 Å². The number of para-hydroxylation sites is 2. The zero-order valence-electron chi connectivity index (χ0n) is 18.2. The normalized spacial score (nSPS) is 11.2. The molecule has 170 valence electrons. The summed E-state index contributed by atoms with van der Waals surface area (Å²) >= 11 is 0. The number of pyridine rings is 2. The van der Waals surface area contributed by atoms with E-state index in [1.54, 1.807) is 48.5 Å². The summed E-state index contributed by atoms with van der Waals surface area (Å²) < 4.78 is 1.48. The monoisotopic (exact) mass is 447 g/mol. The Hall–Kier alpha value is -4.07. The highest BCUT2D eigenvalue weighted by molar-refractivity contribution is 6.10. The molecule has 2 aromatic carbocycles. The molecule has 0 saturated carbocycles. The molecule has 8 nitrogen and oxygen atoms in total. The van der Waals surface area contributed by atoms with Gasteiger partial charge in [-0.1, -0.05) is 50.5 Å². The van der Waals surface area contributed by atoms with Crippen molar-refractivity contribution >= 4 is 33.4 Å². The number of aromatic amines is 1. The molecule has 1 amide bonds. The highest BCUT2D eigenvalue weighted by atomic mass is 16.3. The molecule has 0 aliphatic carbocycles. The first-order chi connectivity index (χ1) is 15.9. The third kappa shape index (κ3) is 4.07. The Morgan fingerprint density at radius 2 is 1.64 bits per heavy atom. The first-order valence-corrected chi connectivity index (χ1v) is 10.9. The Morgan fingerprint density at radius 1 is 0.939 bits per heavy atom. The number of nitrogens with one attached hydrogen (secondary N) is 2. The molecule has 33 heavy (non-hydrogen) atoms. The molecule has 0 atom stereocenters. The molecule has 2 heterocycles. The molecular formula is C25H25N3O5. The van der Waals surface area contributed by atoms with Crippen molar-refractivity contribution in [2.45, 2.75) is 39.2 Å². The lowest BCUT2D eigenvalue weighted by molar-refractivity contribution is 0.102. The molecule has 8 heteroatoms. The molecule has 0 aliphatic heterocycles. The van der Waals surface area contributed by atoms with E-state index in [2.05, 4.69) is 17.2 Å². The van der Waals surface area contributed by atoms with Gasteiger partial charge in [0.1, 0.15) is 11.3 Å². The Kier molecular flexibility index (Phi) is 6.17. The number of H-pyrrole nitrogens is 1. The summed E-state index contributed by atoms with van der Waals surface area (Å²) in [7, 11) is 0. The molecule has 0 unspecified atom stereocenters. The quantitative estimate of drug-likeness (QED) is 0.318. The van der Waals surface area contributed by atoms with E-state index in [1.807, 2.05) is 0 Å². The Balaban J connectivity index is 1.80. The number of nitrogens with zero attached hydrogens (tertiary/aromatic N) is 1. The van der Waals surface area contributed by atoms with E-state index in [1.165, 1.54) is 4.57 Å². The van der Waals surface area contributed by atoms with Crippen LogP contribution in [0, 0.1) is 0 Å². The largest absolute Gasteiger partial charge is 0.506 e. The Bertz CT molecular complexity index is 1470. The maximum atomic E-state index is 13.3. The molecule has 0 radical (unpaired) electrons. The van der Waals surface area contributed by atoms with Crippen molar-refractivity contribution in [3.8, 4) is 11.5 Å². The van der Waals surface area contributed by atoms with Crippen molar-refractivity contribution < 1.29 is 15.0 Å². The van der Waals surface area contributed by atoms with Gasteiger partial charge in [-0.2, -0.15) is 0 Å². The van der Waals surface area contributed by atoms with Crippen LogP contribution in [-0.2, 0) is 6.54 Å². The fourth-order valence-corrected chi connectivity index (χ4v) is 4.03. The van der Waals surface area contributed by atoms with Crippen LogP contribution in [0.25, 0.3) is 21.8 Å². The van der Waals surface area contributed by atoms with Crippen LogP contribution >= 0.6 is 0 Å². The number of aromatic nitrogens is 2. The van der Waals surface area contributed by atoms with Gasteiger partial charge in [0.15, 0.2) is 11.4 Å². The van der Waals surface area contributed by atoms with Gasteiger partial charge in [-0.15, -0.1) is 0 Å². The summed E-state index contributed by atoms with van der Waals surface area (Å²) in [5.41, 5.74) is -1.31. The maximum absolute atomic E-state index is 13.3. The minimum absolute atomic E-state index is 0.337. The fourth-order valence-electron chi connectivity index (χ4n) is 4.03. The lowest BCUT2D eigenvalue weighted by atomic mass is 10.1. The molecule has 0 aliphatic rings. The van der Waals surface area contributed by atoms with Gasteiger partial charge in [0.2, 0.25) is 0 Å². The summed E-state index contributed by atoms with van der Waals surface area (Å²) in [5, 5.41) is 24.4. The van der Waals surface area contributed by atoms with Crippen molar-refractivity contribution in [2.75, 3.05) is 5.32 Å². The van der Waals surface area contributed by atoms with E-state index < -0.39 is 34.1 Å². The minimum atomic E-state index is -0.971. The van der Waals surface area contributed by atoms with Crippen LogP contribution in [0.2, 0.25) is 0 Å².